The predicted octanol–water partition coefficient (Wildman–Crippen LogP) is 4.57. The normalized spacial score (nSPS) is 11.2. The molecular weight excluding hydrogens is 340 g/mol. The van der Waals surface area contributed by atoms with Crippen LogP contribution in [0.3, 0.4) is 0 Å². The molecule has 0 spiro atoms. The van der Waals surface area contributed by atoms with Crippen LogP contribution in [-0.4, -0.2) is 27.7 Å². The zero-order valence-electron chi connectivity index (χ0n) is 15.5. The van der Waals surface area contributed by atoms with Crippen LogP contribution in [-0.2, 0) is 11.3 Å². The number of aryl methyl sites for hydroxylation is 1. The molecule has 27 heavy (non-hydrogen) atoms. The number of pyridine rings is 1. The number of rotatable bonds is 4. The molecule has 0 amide bonds. The summed E-state index contributed by atoms with van der Waals surface area (Å²) in [6.07, 6.45) is 1.81. The Kier molecular flexibility index (Phi) is 4.07. The molecule has 0 aliphatic carbocycles. The van der Waals surface area contributed by atoms with Gasteiger partial charge in [0.1, 0.15) is 12.3 Å². The largest absolute Gasteiger partial charge is 0.497 e. The second-order valence-corrected chi connectivity index (χ2v) is 6.65. The van der Waals surface area contributed by atoms with E-state index in [-0.39, 0.29) is 6.54 Å². The van der Waals surface area contributed by atoms with E-state index >= 15 is 0 Å². The Morgan fingerprint density at radius 3 is 2.70 bits per heavy atom. The van der Waals surface area contributed by atoms with Crippen molar-refractivity contribution in [2.24, 2.45) is 0 Å². The summed E-state index contributed by atoms with van der Waals surface area (Å²) in [6.45, 7) is 3.92. The Morgan fingerprint density at radius 2 is 1.96 bits per heavy atom. The molecule has 2 heterocycles. The van der Waals surface area contributed by atoms with Crippen molar-refractivity contribution in [2.45, 2.75) is 20.4 Å². The Bertz CT molecular complexity index is 1190. The molecule has 4 aromatic rings. The molecule has 2 aromatic heterocycles. The van der Waals surface area contributed by atoms with Gasteiger partial charge in [0.15, 0.2) is 0 Å². The van der Waals surface area contributed by atoms with E-state index in [4.69, 9.17) is 4.74 Å². The number of fused-ring (bicyclic) bond motifs is 2. The quantitative estimate of drug-likeness (QED) is 0.579. The molecule has 0 radical (unpaired) electrons. The summed E-state index contributed by atoms with van der Waals surface area (Å²) in [6, 6.07) is 13.9. The second-order valence-electron chi connectivity index (χ2n) is 6.65. The van der Waals surface area contributed by atoms with Crippen LogP contribution in [0.25, 0.3) is 32.9 Å². The maximum absolute atomic E-state index is 11.4. The lowest BCUT2D eigenvalue weighted by Crippen LogP contribution is -2.09. The zero-order chi connectivity index (χ0) is 19.1. The maximum Gasteiger partial charge on any atom is 0.323 e. The topological polar surface area (TPSA) is 64.4 Å². The molecule has 0 aliphatic heterocycles. The first kappa shape index (κ1) is 17.1. The summed E-state index contributed by atoms with van der Waals surface area (Å²) >= 11 is 0. The summed E-state index contributed by atoms with van der Waals surface area (Å²) in [5, 5.41) is 11.4. The Hall–Kier alpha value is -3.34. The highest BCUT2D eigenvalue weighted by Crippen LogP contribution is 2.39. The molecule has 5 nitrogen and oxygen atoms in total. The summed E-state index contributed by atoms with van der Waals surface area (Å²) in [4.78, 5) is 16.0. The van der Waals surface area contributed by atoms with Gasteiger partial charge in [-0.1, -0.05) is 18.2 Å². The van der Waals surface area contributed by atoms with Gasteiger partial charge in [-0.25, -0.2) is 0 Å². The van der Waals surface area contributed by atoms with Crippen molar-refractivity contribution < 1.29 is 14.6 Å². The average molecular weight is 360 g/mol. The second kappa shape index (κ2) is 6.43. The number of aromatic nitrogens is 2. The number of ether oxygens (including phenoxy) is 1. The number of carboxylic acid groups (broad SMARTS) is 1. The average Bonchev–Trinajstić information content (AvgIpc) is 2.92. The fourth-order valence-electron chi connectivity index (χ4n) is 3.81. The van der Waals surface area contributed by atoms with Crippen LogP contribution in [0.2, 0.25) is 0 Å². The maximum atomic E-state index is 11.4. The van der Waals surface area contributed by atoms with Crippen molar-refractivity contribution >= 4 is 27.8 Å². The van der Waals surface area contributed by atoms with Crippen molar-refractivity contribution in [1.82, 2.24) is 9.55 Å². The van der Waals surface area contributed by atoms with E-state index in [2.05, 4.69) is 11.1 Å². The van der Waals surface area contributed by atoms with Crippen LogP contribution in [0.15, 0.2) is 48.7 Å². The van der Waals surface area contributed by atoms with Crippen LogP contribution in [0.1, 0.15) is 11.3 Å². The molecule has 2 aromatic carbocycles. The van der Waals surface area contributed by atoms with E-state index in [1.165, 1.54) is 0 Å². The molecule has 1 N–H and O–H groups in total. The summed E-state index contributed by atoms with van der Waals surface area (Å²) in [5.41, 5.74) is 5.92. The number of aliphatic carboxylic acids is 1. The Morgan fingerprint density at radius 1 is 1.15 bits per heavy atom. The molecule has 0 atom stereocenters. The molecule has 0 fully saturated rings. The SMILES string of the molecule is COc1ccc2c(c1)c(-c1ccnc3c(C)cccc13)c(C)n2CC(=O)O. The van der Waals surface area contributed by atoms with Gasteiger partial charge in [0.05, 0.1) is 12.6 Å². The number of hydrogen-bond acceptors (Lipinski definition) is 3. The lowest BCUT2D eigenvalue weighted by Gasteiger charge is -2.09. The predicted molar refractivity (Wildman–Crippen MR) is 106 cm³/mol. The Labute approximate surface area is 156 Å². The third-order valence-electron chi connectivity index (χ3n) is 5.07. The summed E-state index contributed by atoms with van der Waals surface area (Å²) in [7, 11) is 1.63. The van der Waals surface area contributed by atoms with Gasteiger partial charge >= 0.3 is 5.97 Å². The monoisotopic (exact) mass is 360 g/mol. The van der Waals surface area contributed by atoms with Crippen molar-refractivity contribution in [3.05, 3.63) is 59.9 Å². The van der Waals surface area contributed by atoms with Crippen molar-refractivity contribution in [3.63, 3.8) is 0 Å². The third-order valence-corrected chi connectivity index (χ3v) is 5.07. The number of para-hydroxylation sites is 1. The van der Waals surface area contributed by atoms with E-state index in [9.17, 15) is 9.90 Å². The number of hydrogen-bond donors (Lipinski definition) is 1. The molecule has 0 aliphatic rings. The molecule has 0 unspecified atom stereocenters. The summed E-state index contributed by atoms with van der Waals surface area (Å²) < 4.78 is 7.25. The van der Waals surface area contributed by atoms with Gasteiger partial charge in [0, 0.05) is 33.7 Å². The lowest BCUT2D eigenvalue weighted by atomic mass is 9.97. The lowest BCUT2D eigenvalue weighted by molar-refractivity contribution is -0.137. The third kappa shape index (κ3) is 2.72. The van der Waals surface area contributed by atoms with E-state index in [1.807, 2.05) is 61.0 Å². The van der Waals surface area contributed by atoms with Gasteiger partial charge < -0.3 is 14.4 Å². The number of carbonyl (C=O) groups is 1. The van der Waals surface area contributed by atoms with Gasteiger partial charge in [0.25, 0.3) is 0 Å². The van der Waals surface area contributed by atoms with Gasteiger partial charge in [0.2, 0.25) is 0 Å². The standard InChI is InChI=1S/C22H20N2O3/c1-13-5-4-6-17-16(9-10-23-22(13)17)21-14(2)24(12-20(25)26)19-8-7-15(27-3)11-18(19)21/h4-11H,12H2,1-3H3,(H,25,26). The molecular formula is C22H20N2O3. The minimum absolute atomic E-state index is 0.0866. The van der Waals surface area contributed by atoms with E-state index < -0.39 is 5.97 Å². The first-order valence-corrected chi connectivity index (χ1v) is 8.74. The molecule has 0 saturated carbocycles. The smallest absolute Gasteiger partial charge is 0.323 e. The first-order valence-electron chi connectivity index (χ1n) is 8.74. The van der Waals surface area contributed by atoms with E-state index in [0.29, 0.717) is 0 Å². The number of carboxylic acids is 1. The minimum Gasteiger partial charge on any atom is -0.497 e. The van der Waals surface area contributed by atoms with Crippen molar-refractivity contribution in [3.8, 4) is 16.9 Å². The molecule has 0 bridgehead atoms. The van der Waals surface area contributed by atoms with Crippen LogP contribution in [0, 0.1) is 13.8 Å². The highest BCUT2D eigenvalue weighted by atomic mass is 16.5. The Balaban J connectivity index is 2.12. The van der Waals surface area contributed by atoms with E-state index in [0.717, 1.165) is 49.9 Å². The highest BCUT2D eigenvalue weighted by molar-refractivity contribution is 6.06. The van der Waals surface area contributed by atoms with Crippen molar-refractivity contribution in [1.29, 1.82) is 0 Å². The van der Waals surface area contributed by atoms with Crippen LogP contribution in [0.4, 0.5) is 0 Å². The van der Waals surface area contributed by atoms with Crippen LogP contribution >= 0.6 is 0 Å². The van der Waals surface area contributed by atoms with Gasteiger partial charge in [-0.2, -0.15) is 0 Å². The highest BCUT2D eigenvalue weighted by Gasteiger charge is 2.19. The molecule has 5 heteroatoms. The fraction of sp³-hybridized carbons (Fsp3) is 0.182. The first-order chi connectivity index (χ1) is 13.0. The zero-order valence-corrected chi connectivity index (χ0v) is 15.5. The van der Waals surface area contributed by atoms with Gasteiger partial charge in [-0.15, -0.1) is 0 Å². The number of methoxy groups -OCH3 is 1. The number of benzene rings is 2. The molecule has 0 saturated heterocycles. The van der Waals surface area contributed by atoms with Gasteiger partial charge in [-0.3, -0.25) is 9.78 Å². The van der Waals surface area contributed by atoms with Crippen LogP contribution in [0.5, 0.6) is 5.75 Å². The molecule has 4 rings (SSSR count). The number of nitrogens with zero attached hydrogens (tertiary/aromatic N) is 2. The fourth-order valence-corrected chi connectivity index (χ4v) is 3.81. The van der Waals surface area contributed by atoms with E-state index in [1.54, 1.807) is 7.11 Å². The van der Waals surface area contributed by atoms with Crippen LogP contribution < -0.4 is 4.74 Å². The van der Waals surface area contributed by atoms with Crippen molar-refractivity contribution in [2.75, 3.05) is 7.11 Å². The molecule has 136 valence electrons. The minimum atomic E-state index is -0.868. The summed E-state index contributed by atoms with van der Waals surface area (Å²) in [5.74, 6) is -0.126. The van der Waals surface area contributed by atoms with Gasteiger partial charge in [-0.05, 0) is 49.2 Å².